The summed E-state index contributed by atoms with van der Waals surface area (Å²) in [4.78, 5) is 23.8. The van der Waals surface area contributed by atoms with Gasteiger partial charge in [0.2, 0.25) is 0 Å². The Bertz CT molecular complexity index is 568. The van der Waals surface area contributed by atoms with Crippen molar-refractivity contribution in [1.82, 2.24) is 5.32 Å². The molecule has 0 bridgehead atoms. The van der Waals surface area contributed by atoms with Crippen LogP contribution >= 0.6 is 11.6 Å². The molecule has 2 N–H and O–H groups in total. The van der Waals surface area contributed by atoms with Gasteiger partial charge in [-0.2, -0.15) is 0 Å². The molecule has 1 fully saturated rings. The third kappa shape index (κ3) is 3.18. The molecule has 0 unspecified atom stereocenters. The molecule has 21 heavy (non-hydrogen) atoms. The fourth-order valence-electron chi connectivity index (χ4n) is 2.61. The zero-order chi connectivity index (χ0) is 15.6. The molecule has 1 aromatic carbocycles. The van der Waals surface area contributed by atoms with Gasteiger partial charge in [0.1, 0.15) is 11.4 Å². The van der Waals surface area contributed by atoms with Gasteiger partial charge in [0.15, 0.2) is 0 Å². The van der Waals surface area contributed by atoms with E-state index >= 15 is 0 Å². The largest absolute Gasteiger partial charge is 0.480 e. The number of carboxylic acid groups (broad SMARTS) is 1. The summed E-state index contributed by atoms with van der Waals surface area (Å²) in [6.45, 7) is 2.05. The van der Waals surface area contributed by atoms with Crippen LogP contribution in [-0.2, 0) is 4.79 Å². The first-order valence-corrected chi connectivity index (χ1v) is 7.23. The molecule has 0 aliphatic heterocycles. The summed E-state index contributed by atoms with van der Waals surface area (Å²) in [5.41, 5.74) is -1.34. The summed E-state index contributed by atoms with van der Waals surface area (Å²) in [5.74, 6) is -1.98. The molecule has 0 atom stereocenters. The Morgan fingerprint density at radius 3 is 2.57 bits per heavy atom. The summed E-state index contributed by atoms with van der Waals surface area (Å²) in [5, 5.41) is 11.7. The molecule has 0 spiro atoms. The van der Waals surface area contributed by atoms with Crippen molar-refractivity contribution in [2.45, 2.75) is 38.1 Å². The number of aliphatic carboxylic acids is 1. The van der Waals surface area contributed by atoms with Crippen molar-refractivity contribution >= 4 is 23.5 Å². The van der Waals surface area contributed by atoms with Gasteiger partial charge >= 0.3 is 5.97 Å². The van der Waals surface area contributed by atoms with Crippen molar-refractivity contribution in [2.24, 2.45) is 5.92 Å². The Labute approximate surface area is 127 Å². The number of halogens is 2. The number of amides is 1. The molecule has 0 aromatic heterocycles. The molecule has 4 nitrogen and oxygen atoms in total. The van der Waals surface area contributed by atoms with Crippen LogP contribution in [0.2, 0.25) is 5.02 Å². The Balaban J connectivity index is 2.23. The average molecular weight is 314 g/mol. The van der Waals surface area contributed by atoms with Crippen LogP contribution in [0, 0.1) is 11.7 Å². The van der Waals surface area contributed by atoms with Gasteiger partial charge < -0.3 is 10.4 Å². The Morgan fingerprint density at radius 2 is 2.00 bits per heavy atom. The van der Waals surface area contributed by atoms with E-state index < -0.39 is 23.2 Å². The van der Waals surface area contributed by atoms with E-state index in [1.165, 1.54) is 12.1 Å². The van der Waals surface area contributed by atoms with Crippen LogP contribution in [0.1, 0.15) is 43.0 Å². The summed E-state index contributed by atoms with van der Waals surface area (Å²) < 4.78 is 13.4. The van der Waals surface area contributed by atoms with Gasteiger partial charge in [0.25, 0.3) is 5.91 Å². The van der Waals surface area contributed by atoms with Crippen molar-refractivity contribution in [3.8, 4) is 0 Å². The van der Waals surface area contributed by atoms with E-state index in [4.69, 9.17) is 11.6 Å². The van der Waals surface area contributed by atoms with E-state index in [-0.39, 0.29) is 10.6 Å². The number of nitrogens with one attached hydrogen (secondary N) is 1. The maximum atomic E-state index is 13.4. The quantitative estimate of drug-likeness (QED) is 0.900. The molecule has 0 heterocycles. The predicted octanol–water partition coefficient (Wildman–Crippen LogP) is 3.24. The molecule has 1 amide bonds. The number of rotatable bonds is 3. The SMILES string of the molecule is CC1CCC(NC(=O)c2cccc(F)c2Cl)(C(=O)O)CC1. The predicted molar refractivity (Wildman–Crippen MR) is 76.9 cm³/mol. The standard InChI is InChI=1S/C15H17ClFNO3/c1-9-5-7-15(8-6-9,14(20)21)18-13(19)10-3-2-4-11(17)12(10)16/h2-4,9H,5-8H2,1H3,(H,18,19)(H,20,21). The summed E-state index contributed by atoms with van der Waals surface area (Å²) in [7, 11) is 0. The molecular formula is C15H17ClFNO3. The van der Waals surface area contributed by atoms with Gasteiger partial charge in [-0.15, -0.1) is 0 Å². The number of carboxylic acids is 1. The minimum Gasteiger partial charge on any atom is -0.480 e. The minimum absolute atomic E-state index is 0.0455. The van der Waals surface area contributed by atoms with E-state index in [9.17, 15) is 19.1 Å². The van der Waals surface area contributed by atoms with E-state index in [1.807, 2.05) is 0 Å². The van der Waals surface area contributed by atoms with Crippen LogP contribution in [0.25, 0.3) is 0 Å². The second kappa shape index (κ2) is 6.02. The number of carbonyl (C=O) groups is 2. The first kappa shape index (κ1) is 15.8. The summed E-state index contributed by atoms with van der Waals surface area (Å²) >= 11 is 5.77. The molecule has 2 rings (SSSR count). The van der Waals surface area contributed by atoms with Crippen LogP contribution in [0.15, 0.2) is 18.2 Å². The lowest BCUT2D eigenvalue weighted by atomic mass is 9.77. The van der Waals surface area contributed by atoms with E-state index in [2.05, 4.69) is 12.2 Å². The summed E-state index contributed by atoms with van der Waals surface area (Å²) in [6.07, 6.45) is 2.18. The van der Waals surface area contributed by atoms with Crippen LogP contribution in [0.5, 0.6) is 0 Å². The molecule has 1 aliphatic rings. The smallest absolute Gasteiger partial charge is 0.329 e. The molecule has 6 heteroatoms. The zero-order valence-corrected chi connectivity index (χ0v) is 12.4. The highest BCUT2D eigenvalue weighted by Gasteiger charge is 2.42. The normalized spacial score (nSPS) is 25.4. The van der Waals surface area contributed by atoms with Gasteiger partial charge in [0, 0.05) is 0 Å². The lowest BCUT2D eigenvalue weighted by Crippen LogP contribution is -2.56. The van der Waals surface area contributed by atoms with Gasteiger partial charge in [0.05, 0.1) is 10.6 Å². The van der Waals surface area contributed by atoms with Crippen molar-refractivity contribution < 1.29 is 19.1 Å². The topological polar surface area (TPSA) is 66.4 Å². The number of hydrogen-bond acceptors (Lipinski definition) is 2. The Morgan fingerprint density at radius 1 is 1.38 bits per heavy atom. The fraction of sp³-hybridized carbons (Fsp3) is 0.467. The summed E-state index contributed by atoms with van der Waals surface area (Å²) in [6, 6.07) is 3.89. The van der Waals surface area contributed by atoms with Gasteiger partial charge in [-0.3, -0.25) is 4.79 Å². The molecule has 0 saturated heterocycles. The lowest BCUT2D eigenvalue weighted by molar-refractivity contribution is -0.146. The zero-order valence-electron chi connectivity index (χ0n) is 11.7. The molecule has 1 aliphatic carbocycles. The average Bonchev–Trinajstić information content (AvgIpc) is 2.44. The Hall–Kier alpha value is -1.62. The van der Waals surface area contributed by atoms with Crippen molar-refractivity contribution in [2.75, 3.05) is 0 Å². The third-order valence-electron chi connectivity index (χ3n) is 4.09. The Kier molecular flexibility index (Phi) is 4.52. The van der Waals surface area contributed by atoms with Crippen molar-refractivity contribution in [1.29, 1.82) is 0 Å². The molecule has 114 valence electrons. The lowest BCUT2D eigenvalue weighted by Gasteiger charge is -2.36. The molecular weight excluding hydrogens is 297 g/mol. The molecule has 0 radical (unpaired) electrons. The number of carbonyl (C=O) groups excluding carboxylic acids is 1. The van der Waals surface area contributed by atoms with Crippen LogP contribution in [0.3, 0.4) is 0 Å². The first-order valence-electron chi connectivity index (χ1n) is 6.85. The van der Waals surface area contributed by atoms with Crippen molar-refractivity contribution in [3.05, 3.63) is 34.6 Å². The second-order valence-electron chi connectivity index (χ2n) is 5.63. The monoisotopic (exact) mass is 313 g/mol. The fourth-order valence-corrected chi connectivity index (χ4v) is 2.82. The maximum Gasteiger partial charge on any atom is 0.329 e. The van der Waals surface area contributed by atoms with Gasteiger partial charge in [-0.25, -0.2) is 9.18 Å². The second-order valence-corrected chi connectivity index (χ2v) is 6.00. The van der Waals surface area contributed by atoms with Gasteiger partial charge in [-0.1, -0.05) is 24.6 Å². The third-order valence-corrected chi connectivity index (χ3v) is 4.47. The number of benzene rings is 1. The van der Waals surface area contributed by atoms with Crippen LogP contribution < -0.4 is 5.32 Å². The van der Waals surface area contributed by atoms with E-state index in [0.717, 1.165) is 18.9 Å². The maximum absolute atomic E-state index is 13.4. The van der Waals surface area contributed by atoms with Crippen LogP contribution in [-0.4, -0.2) is 22.5 Å². The molecule has 1 saturated carbocycles. The molecule has 1 aromatic rings. The highest BCUT2D eigenvalue weighted by Crippen LogP contribution is 2.33. The first-order chi connectivity index (χ1) is 9.85. The minimum atomic E-state index is -1.29. The number of hydrogen-bond donors (Lipinski definition) is 2. The van der Waals surface area contributed by atoms with Crippen molar-refractivity contribution in [3.63, 3.8) is 0 Å². The highest BCUT2D eigenvalue weighted by molar-refractivity contribution is 6.34. The van der Waals surface area contributed by atoms with E-state index in [0.29, 0.717) is 18.8 Å². The van der Waals surface area contributed by atoms with Gasteiger partial charge in [-0.05, 0) is 43.7 Å². The highest BCUT2D eigenvalue weighted by atomic mass is 35.5. The van der Waals surface area contributed by atoms with E-state index in [1.54, 1.807) is 0 Å². The van der Waals surface area contributed by atoms with Crippen LogP contribution in [0.4, 0.5) is 4.39 Å².